The number of nitrogens with zero attached hydrogens (tertiary/aromatic N) is 2. The van der Waals surface area contributed by atoms with Gasteiger partial charge in [-0.2, -0.15) is 0 Å². The van der Waals surface area contributed by atoms with Crippen LogP contribution in [-0.2, 0) is 0 Å². The molecule has 0 spiro atoms. The third kappa shape index (κ3) is 2.68. The van der Waals surface area contributed by atoms with Gasteiger partial charge in [0.05, 0.1) is 16.8 Å². The van der Waals surface area contributed by atoms with Crippen LogP contribution in [-0.4, -0.2) is 15.8 Å². The quantitative estimate of drug-likeness (QED) is 0.631. The van der Waals surface area contributed by atoms with Crippen LogP contribution < -0.4 is 0 Å². The van der Waals surface area contributed by atoms with Crippen LogP contribution in [0.15, 0.2) is 35.2 Å². The maximum atomic E-state index is 13.4. The molecule has 2 aromatic heterocycles. The average Bonchev–Trinajstić information content (AvgIpc) is 2.32. The van der Waals surface area contributed by atoms with Gasteiger partial charge in [-0.1, -0.05) is 11.6 Å². The van der Waals surface area contributed by atoms with Crippen molar-refractivity contribution in [3.8, 4) is 0 Å². The van der Waals surface area contributed by atoms with Gasteiger partial charge in [-0.25, -0.2) is 9.37 Å². The average molecular weight is 316 g/mol. The second kappa shape index (κ2) is 4.89. The largest absolute Gasteiger partial charge is 0.287 e. The van der Waals surface area contributed by atoms with Gasteiger partial charge in [-0.3, -0.25) is 9.78 Å². The van der Waals surface area contributed by atoms with Crippen molar-refractivity contribution in [2.24, 2.45) is 0 Å². The van der Waals surface area contributed by atoms with Gasteiger partial charge in [0.1, 0.15) is 10.3 Å². The highest BCUT2D eigenvalue weighted by Gasteiger charge is 2.16. The Morgan fingerprint density at radius 3 is 2.71 bits per heavy atom. The van der Waals surface area contributed by atoms with Crippen LogP contribution in [0.5, 0.6) is 0 Å². The summed E-state index contributed by atoms with van der Waals surface area (Å²) >= 11 is 8.73. The highest BCUT2D eigenvalue weighted by atomic mass is 79.9. The van der Waals surface area contributed by atoms with Gasteiger partial charge < -0.3 is 0 Å². The van der Waals surface area contributed by atoms with Gasteiger partial charge in [0.25, 0.3) is 0 Å². The summed E-state index contributed by atoms with van der Waals surface area (Å²) in [7, 11) is 0. The first-order valence-corrected chi connectivity index (χ1v) is 5.72. The summed E-state index contributed by atoms with van der Waals surface area (Å²) < 4.78 is 13.8. The third-order valence-electron chi connectivity index (χ3n) is 2.03. The molecule has 3 nitrogen and oxygen atoms in total. The molecule has 17 heavy (non-hydrogen) atoms. The molecule has 0 bridgehead atoms. The van der Waals surface area contributed by atoms with Gasteiger partial charge in [-0.05, 0) is 34.1 Å². The van der Waals surface area contributed by atoms with Crippen LogP contribution in [0, 0.1) is 5.82 Å². The van der Waals surface area contributed by atoms with E-state index in [0.29, 0.717) is 9.63 Å². The SMILES string of the molecule is O=C(c1ccc(Cl)cn1)c1cc(Br)ncc1F. The fraction of sp³-hybridized carbons (Fsp3) is 0. The molecule has 0 aromatic carbocycles. The Morgan fingerprint density at radius 2 is 2.06 bits per heavy atom. The minimum absolute atomic E-state index is 0.0818. The summed E-state index contributed by atoms with van der Waals surface area (Å²) in [5.74, 6) is -1.20. The van der Waals surface area contributed by atoms with Crippen LogP contribution in [0.4, 0.5) is 4.39 Å². The molecule has 0 aliphatic rings. The molecule has 0 radical (unpaired) electrons. The third-order valence-corrected chi connectivity index (χ3v) is 2.68. The highest BCUT2D eigenvalue weighted by Crippen LogP contribution is 2.16. The molecule has 2 aromatic rings. The molecule has 2 rings (SSSR count). The van der Waals surface area contributed by atoms with Crippen molar-refractivity contribution in [2.45, 2.75) is 0 Å². The molecule has 0 N–H and O–H groups in total. The Kier molecular flexibility index (Phi) is 3.49. The van der Waals surface area contributed by atoms with Crippen molar-refractivity contribution in [3.05, 3.63) is 57.3 Å². The maximum Gasteiger partial charge on any atom is 0.214 e. The van der Waals surface area contributed by atoms with Crippen molar-refractivity contribution in [2.75, 3.05) is 0 Å². The number of ketones is 1. The van der Waals surface area contributed by atoms with Gasteiger partial charge in [0, 0.05) is 6.20 Å². The number of carbonyl (C=O) groups excluding carboxylic acids is 1. The van der Waals surface area contributed by atoms with Gasteiger partial charge in [0.15, 0.2) is 5.82 Å². The standard InChI is InChI=1S/C11H5BrClFN2O/c12-10-3-7(8(14)5-16-10)11(17)9-2-1-6(13)4-15-9/h1-5H. The van der Waals surface area contributed by atoms with Crippen LogP contribution in [0.25, 0.3) is 0 Å². The van der Waals surface area contributed by atoms with E-state index in [1.54, 1.807) is 0 Å². The first kappa shape index (κ1) is 12.1. The van der Waals surface area contributed by atoms with Crippen LogP contribution in [0.1, 0.15) is 16.1 Å². The number of pyridine rings is 2. The zero-order valence-electron chi connectivity index (χ0n) is 8.32. The molecule has 0 aliphatic heterocycles. The summed E-state index contributed by atoms with van der Waals surface area (Å²) in [5.41, 5.74) is 0.0492. The van der Waals surface area contributed by atoms with E-state index in [-0.39, 0.29) is 11.3 Å². The smallest absolute Gasteiger partial charge is 0.214 e. The molecule has 0 saturated carbocycles. The van der Waals surface area contributed by atoms with E-state index >= 15 is 0 Å². The molecule has 0 fully saturated rings. The Balaban J connectivity index is 2.43. The van der Waals surface area contributed by atoms with E-state index in [1.807, 2.05) is 0 Å². The first-order chi connectivity index (χ1) is 8.08. The zero-order chi connectivity index (χ0) is 12.4. The van der Waals surface area contributed by atoms with Crippen LogP contribution in [0.3, 0.4) is 0 Å². The van der Waals surface area contributed by atoms with Gasteiger partial charge in [-0.15, -0.1) is 0 Å². The number of hydrogen-bond donors (Lipinski definition) is 0. The lowest BCUT2D eigenvalue weighted by Gasteiger charge is -2.02. The summed E-state index contributed by atoms with van der Waals surface area (Å²) in [6.45, 7) is 0. The van der Waals surface area contributed by atoms with E-state index in [9.17, 15) is 9.18 Å². The van der Waals surface area contributed by atoms with Gasteiger partial charge in [0.2, 0.25) is 5.78 Å². The second-order valence-corrected chi connectivity index (χ2v) is 4.43. The molecule has 0 aliphatic carbocycles. The molecular weight excluding hydrogens is 310 g/mol. The molecule has 86 valence electrons. The number of aromatic nitrogens is 2. The summed E-state index contributed by atoms with van der Waals surface area (Å²) in [4.78, 5) is 19.5. The summed E-state index contributed by atoms with van der Waals surface area (Å²) in [5, 5.41) is 0.415. The van der Waals surface area contributed by atoms with E-state index in [4.69, 9.17) is 11.6 Å². The minimum Gasteiger partial charge on any atom is -0.287 e. The Morgan fingerprint density at radius 1 is 1.29 bits per heavy atom. The predicted molar refractivity (Wildman–Crippen MR) is 64.6 cm³/mol. The summed E-state index contributed by atoms with van der Waals surface area (Å²) in [6, 6.07) is 4.28. The number of rotatable bonds is 2. The van der Waals surface area contributed by atoms with E-state index in [0.717, 1.165) is 6.20 Å². The molecule has 6 heteroatoms. The molecular formula is C11H5BrClFN2O. The van der Waals surface area contributed by atoms with Crippen LogP contribution >= 0.6 is 27.5 Å². The summed E-state index contributed by atoms with van der Waals surface area (Å²) in [6.07, 6.45) is 2.32. The van der Waals surface area contributed by atoms with Gasteiger partial charge >= 0.3 is 0 Å². The zero-order valence-corrected chi connectivity index (χ0v) is 10.7. The Labute approximate surface area is 110 Å². The molecule has 0 unspecified atom stereocenters. The fourth-order valence-corrected chi connectivity index (χ4v) is 1.68. The van der Waals surface area contributed by atoms with Crippen molar-refractivity contribution < 1.29 is 9.18 Å². The van der Waals surface area contributed by atoms with Crippen molar-refractivity contribution in [3.63, 3.8) is 0 Å². The fourth-order valence-electron chi connectivity index (χ4n) is 1.24. The lowest BCUT2D eigenvalue weighted by Crippen LogP contribution is -2.07. The maximum absolute atomic E-state index is 13.4. The molecule has 2 heterocycles. The van der Waals surface area contributed by atoms with E-state index < -0.39 is 11.6 Å². The Hall–Kier alpha value is -1.33. The topological polar surface area (TPSA) is 42.9 Å². The van der Waals surface area contributed by atoms with Crippen LogP contribution in [0.2, 0.25) is 5.02 Å². The van der Waals surface area contributed by atoms with Crippen molar-refractivity contribution >= 4 is 33.3 Å². The molecule has 0 saturated heterocycles. The normalized spacial score (nSPS) is 10.3. The van der Waals surface area contributed by atoms with E-state index in [1.165, 1.54) is 24.4 Å². The van der Waals surface area contributed by atoms with Crippen molar-refractivity contribution in [1.82, 2.24) is 9.97 Å². The predicted octanol–water partition coefficient (Wildman–Crippen LogP) is 3.26. The highest BCUT2D eigenvalue weighted by molar-refractivity contribution is 9.10. The Bertz CT molecular complexity index is 574. The van der Waals surface area contributed by atoms with E-state index in [2.05, 4.69) is 25.9 Å². The number of hydrogen-bond acceptors (Lipinski definition) is 3. The molecule has 0 amide bonds. The monoisotopic (exact) mass is 314 g/mol. The van der Waals surface area contributed by atoms with Crippen molar-refractivity contribution in [1.29, 1.82) is 0 Å². The lowest BCUT2D eigenvalue weighted by molar-refractivity contribution is 0.103. The molecule has 0 atom stereocenters. The number of halogens is 3. The second-order valence-electron chi connectivity index (χ2n) is 3.18. The number of carbonyl (C=O) groups is 1. The first-order valence-electron chi connectivity index (χ1n) is 4.55. The lowest BCUT2D eigenvalue weighted by atomic mass is 10.1. The minimum atomic E-state index is -0.685.